The van der Waals surface area contributed by atoms with Gasteiger partial charge in [-0.2, -0.15) is 0 Å². The van der Waals surface area contributed by atoms with Gasteiger partial charge in [-0.1, -0.05) is 30.3 Å². The van der Waals surface area contributed by atoms with Crippen molar-refractivity contribution in [3.8, 4) is 0 Å². The van der Waals surface area contributed by atoms with Crippen molar-refractivity contribution < 1.29 is 37.4 Å². The Bertz CT molecular complexity index is 1010. The summed E-state index contributed by atoms with van der Waals surface area (Å²) in [4.78, 5) is 55.0. The summed E-state index contributed by atoms with van der Waals surface area (Å²) >= 11 is 0. The lowest BCUT2D eigenvalue weighted by atomic mass is 10.1. The van der Waals surface area contributed by atoms with Crippen LogP contribution in [0.3, 0.4) is 0 Å². The number of piperidine rings is 1. The molecule has 2 aliphatic heterocycles. The molecule has 4 amide bonds. The minimum absolute atomic E-state index is 0.0324. The molecule has 0 bridgehead atoms. The fraction of sp³-hybridized carbons (Fsp3) is 0.630. The number of alkyl halides is 2. The lowest BCUT2D eigenvalue weighted by Gasteiger charge is -2.30. The number of nitrogens with one attached hydrogen (secondary N) is 2. The number of carbonyl (C=O) groups excluding carboxylic acids is 4. The monoisotopic (exact) mass is 567 g/mol. The van der Waals surface area contributed by atoms with E-state index in [0.717, 1.165) is 29.7 Å². The molecule has 0 spiro atoms. The number of hydrogen-bond acceptors (Lipinski definition) is 7. The Morgan fingerprint density at radius 2 is 1.77 bits per heavy atom. The summed E-state index contributed by atoms with van der Waals surface area (Å²) < 4.78 is 37.7. The van der Waals surface area contributed by atoms with E-state index in [1.165, 1.54) is 19.0 Å². The summed E-state index contributed by atoms with van der Waals surface area (Å²) in [6, 6.07) is 7.27. The smallest absolute Gasteiger partial charge is 0.410 e. The third-order valence-electron chi connectivity index (χ3n) is 6.79. The third-order valence-corrected chi connectivity index (χ3v) is 6.79. The van der Waals surface area contributed by atoms with Crippen LogP contribution in [0.2, 0.25) is 0 Å². The van der Waals surface area contributed by atoms with E-state index in [0.29, 0.717) is 13.1 Å². The highest BCUT2D eigenvalue weighted by Crippen LogP contribution is 2.25. The van der Waals surface area contributed by atoms with Gasteiger partial charge in [0.25, 0.3) is 5.92 Å². The van der Waals surface area contributed by atoms with Gasteiger partial charge in [-0.15, -0.1) is 0 Å². The number of likely N-dealkylation sites (N-methyl/N-ethyl adjacent to an activating group) is 2. The molecular formula is C27H39F2N5O6. The molecule has 13 heteroatoms. The number of amides is 4. The molecule has 2 heterocycles. The number of rotatable bonds is 12. The standard InChI is InChI=1S/C27H39F2N5O6/c1-32(15-24(36)34-11-7-4-8-12-34)25(37)22(18-39-17-21-13-27(28,29)19-30-21)31-23(35)14-33(2)26(38)40-16-20-9-5-3-6-10-20/h3,5-6,9-10,21-22,30H,4,7-8,11-19H2,1-2H3,(H,31,35)/t21-,22-/m0/s1. The zero-order valence-corrected chi connectivity index (χ0v) is 23.1. The fourth-order valence-corrected chi connectivity index (χ4v) is 4.56. The molecule has 222 valence electrons. The molecule has 1 aromatic rings. The lowest BCUT2D eigenvalue weighted by molar-refractivity contribution is -0.143. The maximum absolute atomic E-state index is 13.5. The number of nitrogens with zero attached hydrogens (tertiary/aromatic N) is 3. The maximum atomic E-state index is 13.5. The van der Waals surface area contributed by atoms with Crippen molar-refractivity contribution in [2.45, 2.75) is 50.3 Å². The van der Waals surface area contributed by atoms with E-state index in [1.54, 1.807) is 17.0 Å². The molecule has 2 N–H and O–H groups in total. The number of ether oxygens (including phenoxy) is 2. The van der Waals surface area contributed by atoms with Crippen LogP contribution in [-0.2, 0) is 30.5 Å². The molecule has 0 aromatic heterocycles. The van der Waals surface area contributed by atoms with Crippen molar-refractivity contribution in [2.24, 2.45) is 0 Å². The second-order valence-electron chi connectivity index (χ2n) is 10.3. The lowest BCUT2D eigenvalue weighted by Crippen LogP contribution is -2.54. The summed E-state index contributed by atoms with van der Waals surface area (Å²) in [5, 5.41) is 5.23. The molecule has 2 aliphatic rings. The topological polar surface area (TPSA) is 121 Å². The quantitative estimate of drug-likeness (QED) is 0.390. The van der Waals surface area contributed by atoms with Gasteiger partial charge in [-0.25, -0.2) is 13.6 Å². The number of likely N-dealkylation sites (tertiary alicyclic amines) is 1. The van der Waals surface area contributed by atoms with E-state index in [2.05, 4.69) is 10.6 Å². The van der Waals surface area contributed by atoms with Crippen LogP contribution in [0.15, 0.2) is 30.3 Å². The first-order chi connectivity index (χ1) is 19.0. The molecule has 0 unspecified atom stereocenters. The van der Waals surface area contributed by atoms with Gasteiger partial charge < -0.3 is 34.8 Å². The number of hydrogen-bond donors (Lipinski definition) is 2. The largest absolute Gasteiger partial charge is 0.445 e. The Kier molecular flexibility index (Phi) is 11.6. The first-order valence-electron chi connectivity index (χ1n) is 13.5. The first-order valence-corrected chi connectivity index (χ1v) is 13.5. The molecule has 0 radical (unpaired) electrons. The summed E-state index contributed by atoms with van der Waals surface area (Å²) in [5.41, 5.74) is 0.785. The van der Waals surface area contributed by atoms with Crippen molar-refractivity contribution in [1.82, 2.24) is 25.3 Å². The van der Waals surface area contributed by atoms with Gasteiger partial charge in [0.1, 0.15) is 19.2 Å². The van der Waals surface area contributed by atoms with Crippen LogP contribution in [0.4, 0.5) is 13.6 Å². The molecular weight excluding hydrogens is 528 g/mol. The summed E-state index contributed by atoms with van der Waals surface area (Å²) in [6.07, 6.45) is 1.75. The second kappa shape index (κ2) is 14.9. The van der Waals surface area contributed by atoms with Gasteiger partial charge in [-0.05, 0) is 24.8 Å². The summed E-state index contributed by atoms with van der Waals surface area (Å²) in [7, 11) is 2.84. The predicted molar refractivity (Wildman–Crippen MR) is 141 cm³/mol. The van der Waals surface area contributed by atoms with Crippen LogP contribution in [0.1, 0.15) is 31.2 Å². The van der Waals surface area contributed by atoms with E-state index >= 15 is 0 Å². The minimum atomic E-state index is -2.83. The molecule has 1 aromatic carbocycles. The van der Waals surface area contributed by atoms with E-state index in [1.807, 2.05) is 18.2 Å². The average Bonchev–Trinajstić information content (AvgIpc) is 3.29. The van der Waals surface area contributed by atoms with Gasteiger partial charge in [0.15, 0.2) is 0 Å². The maximum Gasteiger partial charge on any atom is 0.410 e. The van der Waals surface area contributed by atoms with Gasteiger partial charge in [-0.3, -0.25) is 14.4 Å². The van der Waals surface area contributed by atoms with Crippen LogP contribution in [-0.4, -0.2) is 117 Å². The average molecular weight is 568 g/mol. The van der Waals surface area contributed by atoms with Gasteiger partial charge in [0.2, 0.25) is 17.7 Å². The predicted octanol–water partition coefficient (Wildman–Crippen LogP) is 1.22. The zero-order valence-electron chi connectivity index (χ0n) is 23.1. The van der Waals surface area contributed by atoms with Crippen LogP contribution in [0.5, 0.6) is 0 Å². The summed E-state index contributed by atoms with van der Waals surface area (Å²) in [5.74, 6) is -4.24. The number of halogens is 2. The normalized spacial score (nSPS) is 19.0. The van der Waals surface area contributed by atoms with E-state index in [-0.39, 0.29) is 32.3 Å². The Hall–Kier alpha value is -3.32. The molecule has 2 saturated heterocycles. The van der Waals surface area contributed by atoms with E-state index < -0.39 is 55.4 Å². The minimum Gasteiger partial charge on any atom is -0.445 e. The first kappa shape index (κ1) is 31.2. The van der Waals surface area contributed by atoms with Crippen LogP contribution in [0, 0.1) is 0 Å². The van der Waals surface area contributed by atoms with E-state index in [9.17, 15) is 28.0 Å². The number of carbonyl (C=O) groups is 4. The Morgan fingerprint density at radius 1 is 1.07 bits per heavy atom. The van der Waals surface area contributed by atoms with Crippen molar-refractivity contribution in [3.63, 3.8) is 0 Å². The molecule has 2 fully saturated rings. The summed E-state index contributed by atoms with van der Waals surface area (Å²) in [6.45, 7) is -0.0990. The van der Waals surface area contributed by atoms with Crippen LogP contribution in [0.25, 0.3) is 0 Å². The Balaban J connectivity index is 1.54. The van der Waals surface area contributed by atoms with Crippen molar-refractivity contribution in [1.29, 1.82) is 0 Å². The highest BCUT2D eigenvalue weighted by molar-refractivity contribution is 5.91. The zero-order chi connectivity index (χ0) is 29.1. The SMILES string of the molecule is CN(CC(=O)N[C@@H](COC[C@@H]1CC(F)(F)CN1)C(=O)N(C)CC(=O)N1CCCCC1)C(=O)OCc1ccccc1. The Morgan fingerprint density at radius 3 is 2.42 bits per heavy atom. The van der Waals surface area contributed by atoms with Gasteiger partial charge in [0, 0.05) is 39.6 Å². The molecule has 3 rings (SSSR count). The van der Waals surface area contributed by atoms with Crippen LogP contribution >= 0.6 is 0 Å². The molecule has 0 aliphatic carbocycles. The molecule has 40 heavy (non-hydrogen) atoms. The van der Waals surface area contributed by atoms with Crippen LogP contribution < -0.4 is 10.6 Å². The van der Waals surface area contributed by atoms with Gasteiger partial charge in [0.05, 0.1) is 26.3 Å². The van der Waals surface area contributed by atoms with Crippen molar-refractivity contribution in [3.05, 3.63) is 35.9 Å². The highest BCUT2D eigenvalue weighted by atomic mass is 19.3. The highest BCUT2D eigenvalue weighted by Gasteiger charge is 2.39. The third kappa shape index (κ3) is 10.0. The number of benzene rings is 1. The van der Waals surface area contributed by atoms with Gasteiger partial charge >= 0.3 is 6.09 Å². The van der Waals surface area contributed by atoms with Crippen molar-refractivity contribution in [2.75, 3.05) is 60.0 Å². The molecule has 2 atom stereocenters. The van der Waals surface area contributed by atoms with E-state index in [4.69, 9.17) is 9.47 Å². The Labute approximate surface area is 233 Å². The van der Waals surface area contributed by atoms with Crippen molar-refractivity contribution >= 4 is 23.8 Å². The fourth-order valence-electron chi connectivity index (χ4n) is 4.56. The molecule has 0 saturated carbocycles. The second-order valence-corrected chi connectivity index (χ2v) is 10.3. The molecule has 11 nitrogen and oxygen atoms in total.